The fourth-order valence-corrected chi connectivity index (χ4v) is 6.20. The molecule has 2 aliphatic rings. The van der Waals surface area contributed by atoms with E-state index in [2.05, 4.69) is 30.7 Å². The van der Waals surface area contributed by atoms with E-state index in [-0.39, 0.29) is 42.5 Å². The third kappa shape index (κ3) is 7.76. The number of methoxy groups -OCH3 is 1. The predicted molar refractivity (Wildman–Crippen MR) is 189 cm³/mol. The number of nitrogens with zero attached hydrogens (tertiary/aromatic N) is 3. The minimum absolute atomic E-state index is 0.0139. The monoisotopic (exact) mass is 673 g/mol. The number of allylic oxidation sites excluding steroid dienone is 1. The highest BCUT2D eigenvalue weighted by Gasteiger charge is 2.30. The van der Waals surface area contributed by atoms with Crippen LogP contribution in [-0.2, 0) is 45.0 Å². The van der Waals surface area contributed by atoms with Crippen LogP contribution in [0.2, 0.25) is 0 Å². The van der Waals surface area contributed by atoms with Crippen molar-refractivity contribution in [1.29, 1.82) is 0 Å². The molecule has 0 fully saturated rings. The van der Waals surface area contributed by atoms with Gasteiger partial charge in [0.25, 0.3) is 0 Å². The summed E-state index contributed by atoms with van der Waals surface area (Å²) in [4.78, 5) is 54.1. The Kier molecular flexibility index (Phi) is 11.8. The lowest BCUT2D eigenvalue weighted by atomic mass is 9.96. The molecule has 8 bridgehead atoms. The molecule has 0 spiro atoms. The van der Waals surface area contributed by atoms with Crippen molar-refractivity contribution in [3.05, 3.63) is 68.8 Å². The Morgan fingerprint density at radius 2 is 1.55 bits per heavy atom. The average molecular weight is 674 g/mol. The second kappa shape index (κ2) is 15.6. The van der Waals surface area contributed by atoms with Crippen molar-refractivity contribution in [2.45, 2.75) is 79.8 Å². The molecule has 12 heteroatoms. The van der Waals surface area contributed by atoms with Crippen LogP contribution in [0.15, 0.2) is 18.2 Å². The number of aliphatic carboxylic acids is 2. The predicted octanol–water partition coefficient (Wildman–Crippen LogP) is 5.48. The van der Waals surface area contributed by atoms with E-state index in [0.29, 0.717) is 42.1 Å². The Bertz CT molecular complexity index is 1970. The molecule has 262 valence electrons. The largest absolute Gasteiger partial charge is 0.481 e. The summed E-state index contributed by atoms with van der Waals surface area (Å²) in [7, 11) is 3.29. The van der Waals surface area contributed by atoms with Crippen LogP contribution in [0.1, 0.15) is 90.6 Å². The van der Waals surface area contributed by atoms with Gasteiger partial charge in [-0.1, -0.05) is 20.8 Å². The van der Waals surface area contributed by atoms with E-state index in [0.717, 1.165) is 56.4 Å². The van der Waals surface area contributed by atoms with Crippen LogP contribution in [-0.4, -0.2) is 85.3 Å². The van der Waals surface area contributed by atoms with Crippen LogP contribution in [0.5, 0.6) is 0 Å². The van der Waals surface area contributed by atoms with E-state index in [1.807, 2.05) is 25.1 Å². The summed E-state index contributed by atoms with van der Waals surface area (Å²) in [5.41, 5.74) is 10.7. The summed E-state index contributed by atoms with van der Waals surface area (Å²) in [6.45, 7) is 12.2. The molecular weight excluding hydrogens is 626 g/mol. The number of rotatable bonds is 9. The number of hydrogen-bond donors (Lipinski definition) is 5. The van der Waals surface area contributed by atoms with Gasteiger partial charge >= 0.3 is 11.9 Å². The molecular formula is C37H47N5O7. The van der Waals surface area contributed by atoms with Gasteiger partial charge in [0.2, 0.25) is 5.91 Å². The van der Waals surface area contributed by atoms with Crippen LogP contribution in [0, 0.1) is 13.8 Å². The Morgan fingerprint density at radius 1 is 0.939 bits per heavy atom. The van der Waals surface area contributed by atoms with Crippen molar-refractivity contribution in [2.75, 3.05) is 27.3 Å². The molecule has 3 aromatic heterocycles. The van der Waals surface area contributed by atoms with E-state index < -0.39 is 11.9 Å². The zero-order valence-corrected chi connectivity index (χ0v) is 29.6. The zero-order valence-electron chi connectivity index (χ0n) is 29.6. The van der Waals surface area contributed by atoms with E-state index in [4.69, 9.17) is 19.8 Å². The Labute approximate surface area is 285 Å². The number of carboxylic acids is 2. The van der Waals surface area contributed by atoms with E-state index in [1.165, 1.54) is 0 Å². The number of aromatic amines is 2. The average Bonchev–Trinajstić information content (AvgIpc) is 3.76. The Balaban J connectivity index is 0.00000101. The minimum atomic E-state index is -1.10. The Morgan fingerprint density at radius 3 is 2.12 bits per heavy atom. The van der Waals surface area contributed by atoms with Gasteiger partial charge in [-0.15, -0.1) is 0 Å². The summed E-state index contributed by atoms with van der Waals surface area (Å²) < 4.78 is 5.17. The van der Waals surface area contributed by atoms with Crippen LogP contribution in [0.4, 0.5) is 0 Å². The molecule has 1 atom stereocenters. The number of aliphatic hydroxyl groups excluding tert-OH is 1. The Hall–Kier alpha value is -4.81. The van der Waals surface area contributed by atoms with Gasteiger partial charge in [-0.25, -0.2) is 9.78 Å². The van der Waals surface area contributed by atoms with Crippen LogP contribution < -0.4 is 0 Å². The van der Waals surface area contributed by atoms with Gasteiger partial charge in [0, 0.05) is 77.6 Å². The van der Waals surface area contributed by atoms with Crippen molar-refractivity contribution in [3.8, 4) is 0 Å². The van der Waals surface area contributed by atoms with Crippen LogP contribution in [0.25, 0.3) is 33.2 Å². The van der Waals surface area contributed by atoms with Crippen molar-refractivity contribution < 1.29 is 34.4 Å². The van der Waals surface area contributed by atoms with Gasteiger partial charge in [-0.2, -0.15) is 0 Å². The lowest BCUT2D eigenvalue weighted by Gasteiger charge is -2.17. The standard InChI is InChI=1S/C34H41N5O5.C3H6O2/c1-8-21-18(3)26-14-30-23(16-40)19(4)25(37-30)13-24-17(2)11-28(35-24)22(12-31(41)39(6)9-10-44-7)33-32(34(42)43)20(5)27(38-33)15-29(21)36-26;1-2-3(4)5/h13-15,17,36-37,40H,8-12,16H2,1-7H3,(H,42,43);2H2,1H3,(H,4,5). The maximum absolute atomic E-state index is 13.5. The molecule has 0 aliphatic carbocycles. The highest BCUT2D eigenvalue weighted by molar-refractivity contribution is 6.24. The molecule has 5 rings (SSSR count). The van der Waals surface area contributed by atoms with Gasteiger partial charge in [0.1, 0.15) is 0 Å². The SMILES string of the molecule is CCC(=O)O.CCc1c(C)c2cc3[nH]c(cc4nc(c(CC(=O)N(C)CCOC)c5nc(cc1[nH]2)C(C)=C5C(=O)O)CC4C)c(C)c3CO. The smallest absolute Gasteiger partial charge is 0.338 e. The third-order valence-corrected chi connectivity index (χ3v) is 9.31. The molecule has 5 heterocycles. The maximum atomic E-state index is 13.5. The number of aliphatic hydroxyl groups is 1. The number of nitrogens with one attached hydrogen (secondary N) is 2. The number of hydrogen-bond acceptors (Lipinski definition) is 7. The van der Waals surface area contributed by atoms with Gasteiger partial charge in [-0.05, 0) is 74.1 Å². The van der Waals surface area contributed by atoms with Crippen molar-refractivity contribution >= 4 is 51.1 Å². The molecule has 49 heavy (non-hydrogen) atoms. The quantitative estimate of drug-likeness (QED) is 0.197. The number of aryl methyl sites for hydroxylation is 3. The topological polar surface area (TPSA) is 182 Å². The van der Waals surface area contributed by atoms with Crippen molar-refractivity contribution in [1.82, 2.24) is 24.8 Å². The molecule has 0 saturated heterocycles. The number of H-pyrrole nitrogens is 2. The van der Waals surface area contributed by atoms with Crippen molar-refractivity contribution in [2.24, 2.45) is 0 Å². The molecule has 3 aromatic rings. The van der Waals surface area contributed by atoms with Gasteiger partial charge in [0.15, 0.2) is 0 Å². The van der Waals surface area contributed by atoms with Crippen molar-refractivity contribution in [3.63, 3.8) is 0 Å². The number of carbonyl (C=O) groups excluding carboxylic acids is 1. The highest BCUT2D eigenvalue weighted by atomic mass is 16.5. The number of likely N-dealkylation sites (N-methyl/N-ethyl adjacent to an activating group) is 1. The number of carbonyl (C=O) groups is 3. The third-order valence-electron chi connectivity index (χ3n) is 9.31. The van der Waals surface area contributed by atoms with Gasteiger partial charge in [0.05, 0.1) is 36.6 Å². The molecule has 0 saturated carbocycles. The van der Waals surface area contributed by atoms with E-state index >= 15 is 0 Å². The summed E-state index contributed by atoms with van der Waals surface area (Å²) in [5, 5.41) is 28.5. The molecule has 2 aliphatic heterocycles. The van der Waals surface area contributed by atoms with E-state index in [9.17, 15) is 24.6 Å². The fourth-order valence-electron chi connectivity index (χ4n) is 6.20. The first-order valence-electron chi connectivity index (χ1n) is 16.5. The fraction of sp³-hybridized carbons (Fsp3) is 0.432. The first-order chi connectivity index (χ1) is 23.3. The minimum Gasteiger partial charge on any atom is -0.481 e. The molecule has 1 amide bonds. The number of aromatic nitrogens is 4. The normalized spacial score (nSPS) is 14.0. The number of amides is 1. The maximum Gasteiger partial charge on any atom is 0.338 e. The summed E-state index contributed by atoms with van der Waals surface area (Å²) >= 11 is 0. The first-order valence-corrected chi connectivity index (χ1v) is 16.5. The molecule has 0 radical (unpaired) electrons. The zero-order chi connectivity index (χ0) is 36.2. The lowest BCUT2D eigenvalue weighted by Crippen LogP contribution is -2.31. The number of fused-ring (bicyclic) bond motifs is 8. The molecule has 1 unspecified atom stereocenters. The second-order valence-corrected chi connectivity index (χ2v) is 12.5. The number of ether oxygens (including phenoxy) is 1. The van der Waals surface area contributed by atoms with E-state index in [1.54, 1.807) is 32.9 Å². The molecule has 0 aromatic carbocycles. The van der Waals surface area contributed by atoms with Crippen LogP contribution in [0.3, 0.4) is 0 Å². The molecule has 12 nitrogen and oxygen atoms in total. The van der Waals surface area contributed by atoms with Gasteiger partial charge in [-0.3, -0.25) is 14.6 Å². The summed E-state index contributed by atoms with van der Waals surface area (Å²) in [6, 6.07) is 5.90. The molecule has 5 N–H and O–H groups in total. The second-order valence-electron chi connectivity index (χ2n) is 12.5. The number of carboxylic acid groups (broad SMARTS) is 2. The summed E-state index contributed by atoms with van der Waals surface area (Å²) in [5.74, 6) is -2.00. The first kappa shape index (κ1) is 37.0. The lowest BCUT2D eigenvalue weighted by molar-refractivity contribution is -0.136. The van der Waals surface area contributed by atoms with Gasteiger partial charge < -0.3 is 34.9 Å². The highest BCUT2D eigenvalue weighted by Crippen LogP contribution is 2.36. The van der Waals surface area contributed by atoms with Crippen LogP contribution >= 0.6 is 0 Å². The summed E-state index contributed by atoms with van der Waals surface area (Å²) in [6.07, 6.45) is 1.46.